The first kappa shape index (κ1) is 16.3. The Bertz CT molecular complexity index is 708. The first-order chi connectivity index (χ1) is 10.4. The molecule has 0 aliphatic rings. The predicted molar refractivity (Wildman–Crippen MR) is 89.6 cm³/mol. The van der Waals surface area contributed by atoms with Gasteiger partial charge in [0.1, 0.15) is 5.82 Å². The van der Waals surface area contributed by atoms with Crippen LogP contribution in [0.4, 0.5) is 11.5 Å². The van der Waals surface area contributed by atoms with Gasteiger partial charge in [-0.05, 0) is 50.1 Å². The quantitative estimate of drug-likeness (QED) is 0.857. The molecular formula is C16H21N3O2S. The van der Waals surface area contributed by atoms with Gasteiger partial charge in [0.15, 0.2) is 0 Å². The SMILES string of the molecule is CCc1ccc(S(=O)(=O)Nc2ccc(NC(C)C)cn2)cc1. The molecule has 118 valence electrons. The lowest BCUT2D eigenvalue weighted by Gasteiger charge is -2.11. The highest BCUT2D eigenvalue weighted by atomic mass is 32.2. The molecule has 0 aliphatic carbocycles. The molecule has 0 unspecified atom stereocenters. The molecular weight excluding hydrogens is 298 g/mol. The van der Waals surface area contributed by atoms with E-state index in [-0.39, 0.29) is 4.90 Å². The van der Waals surface area contributed by atoms with Crippen molar-refractivity contribution >= 4 is 21.5 Å². The Balaban J connectivity index is 2.13. The second kappa shape index (κ2) is 6.79. The van der Waals surface area contributed by atoms with Crippen molar-refractivity contribution in [1.29, 1.82) is 0 Å². The number of nitrogens with zero attached hydrogens (tertiary/aromatic N) is 1. The van der Waals surface area contributed by atoms with Crippen molar-refractivity contribution in [3.8, 4) is 0 Å². The molecule has 0 spiro atoms. The third-order valence-corrected chi connectivity index (χ3v) is 4.47. The van der Waals surface area contributed by atoms with Crippen molar-refractivity contribution in [1.82, 2.24) is 4.98 Å². The number of benzene rings is 1. The van der Waals surface area contributed by atoms with Crippen molar-refractivity contribution in [2.24, 2.45) is 0 Å². The average Bonchev–Trinajstić information content (AvgIpc) is 2.48. The van der Waals surface area contributed by atoms with Gasteiger partial charge in [-0.25, -0.2) is 13.4 Å². The number of sulfonamides is 1. The number of rotatable bonds is 6. The molecule has 0 atom stereocenters. The highest BCUT2D eigenvalue weighted by Gasteiger charge is 2.14. The van der Waals surface area contributed by atoms with Crippen molar-refractivity contribution in [3.63, 3.8) is 0 Å². The van der Waals surface area contributed by atoms with Gasteiger partial charge < -0.3 is 5.32 Å². The molecule has 5 nitrogen and oxygen atoms in total. The first-order valence-electron chi connectivity index (χ1n) is 7.25. The summed E-state index contributed by atoms with van der Waals surface area (Å²) in [5.74, 6) is 0.300. The summed E-state index contributed by atoms with van der Waals surface area (Å²) in [6.45, 7) is 6.07. The molecule has 1 aromatic carbocycles. The number of aromatic nitrogens is 1. The van der Waals surface area contributed by atoms with E-state index in [2.05, 4.69) is 15.0 Å². The molecule has 1 aromatic heterocycles. The fraction of sp³-hybridized carbons (Fsp3) is 0.312. The monoisotopic (exact) mass is 319 g/mol. The highest BCUT2D eigenvalue weighted by Crippen LogP contribution is 2.17. The summed E-state index contributed by atoms with van der Waals surface area (Å²) in [5, 5.41) is 3.20. The lowest BCUT2D eigenvalue weighted by atomic mass is 10.2. The summed E-state index contributed by atoms with van der Waals surface area (Å²) in [5.41, 5.74) is 1.95. The van der Waals surface area contributed by atoms with Crippen molar-refractivity contribution in [2.75, 3.05) is 10.0 Å². The van der Waals surface area contributed by atoms with E-state index in [1.165, 1.54) is 0 Å². The lowest BCUT2D eigenvalue weighted by molar-refractivity contribution is 0.601. The Morgan fingerprint density at radius 1 is 1.09 bits per heavy atom. The molecule has 0 bridgehead atoms. The van der Waals surface area contributed by atoms with E-state index in [1.54, 1.807) is 30.5 Å². The number of anilines is 2. The molecule has 0 amide bonds. The largest absolute Gasteiger partial charge is 0.382 e. The van der Waals surface area contributed by atoms with Crippen LogP contribution in [0.15, 0.2) is 47.5 Å². The zero-order valence-electron chi connectivity index (χ0n) is 13.0. The molecule has 0 fully saturated rings. The van der Waals surface area contributed by atoms with Gasteiger partial charge in [0, 0.05) is 6.04 Å². The van der Waals surface area contributed by atoms with Gasteiger partial charge in [0.25, 0.3) is 10.0 Å². The minimum atomic E-state index is -3.61. The smallest absolute Gasteiger partial charge is 0.263 e. The van der Waals surface area contributed by atoms with Crippen LogP contribution >= 0.6 is 0 Å². The second-order valence-corrected chi connectivity index (χ2v) is 7.02. The normalized spacial score (nSPS) is 11.5. The van der Waals surface area contributed by atoms with Crippen LogP contribution in [0.5, 0.6) is 0 Å². The number of hydrogen-bond donors (Lipinski definition) is 2. The topological polar surface area (TPSA) is 71.1 Å². The maximum Gasteiger partial charge on any atom is 0.263 e. The number of nitrogens with one attached hydrogen (secondary N) is 2. The van der Waals surface area contributed by atoms with E-state index in [0.29, 0.717) is 11.9 Å². The molecule has 0 aliphatic heterocycles. The van der Waals surface area contributed by atoms with Crippen LogP contribution in [0.3, 0.4) is 0 Å². The van der Waals surface area contributed by atoms with Gasteiger partial charge in [-0.15, -0.1) is 0 Å². The maximum absolute atomic E-state index is 12.3. The summed E-state index contributed by atoms with van der Waals surface area (Å²) >= 11 is 0. The third-order valence-electron chi connectivity index (χ3n) is 3.10. The van der Waals surface area contributed by atoms with Crippen LogP contribution in [0.2, 0.25) is 0 Å². The summed E-state index contributed by atoms with van der Waals surface area (Å²) in [6.07, 6.45) is 2.48. The fourth-order valence-electron chi connectivity index (χ4n) is 1.97. The number of hydrogen-bond acceptors (Lipinski definition) is 4. The standard InChI is InChI=1S/C16H21N3O2S/c1-4-13-5-8-15(9-6-13)22(20,21)19-16-10-7-14(11-17-16)18-12(2)3/h5-12,18H,4H2,1-3H3,(H,17,19). The summed E-state index contributed by atoms with van der Waals surface area (Å²) in [7, 11) is -3.61. The van der Waals surface area contributed by atoms with Gasteiger partial charge in [-0.2, -0.15) is 0 Å². The van der Waals surface area contributed by atoms with Crippen LogP contribution in [0, 0.1) is 0 Å². The molecule has 0 saturated carbocycles. The van der Waals surface area contributed by atoms with E-state index in [1.807, 2.05) is 32.9 Å². The van der Waals surface area contributed by atoms with Crippen LogP contribution in [-0.4, -0.2) is 19.4 Å². The Morgan fingerprint density at radius 3 is 2.27 bits per heavy atom. The van der Waals surface area contributed by atoms with Crippen molar-refractivity contribution in [3.05, 3.63) is 48.2 Å². The summed E-state index contributed by atoms with van der Waals surface area (Å²) in [4.78, 5) is 4.36. The van der Waals surface area contributed by atoms with E-state index < -0.39 is 10.0 Å². The molecule has 2 N–H and O–H groups in total. The number of aryl methyl sites for hydroxylation is 1. The molecule has 6 heteroatoms. The fourth-order valence-corrected chi connectivity index (χ4v) is 2.98. The highest BCUT2D eigenvalue weighted by molar-refractivity contribution is 7.92. The molecule has 0 saturated heterocycles. The zero-order valence-corrected chi connectivity index (χ0v) is 13.8. The van der Waals surface area contributed by atoms with Gasteiger partial charge in [0.2, 0.25) is 0 Å². The van der Waals surface area contributed by atoms with Crippen LogP contribution in [0.1, 0.15) is 26.3 Å². The van der Waals surface area contributed by atoms with Crippen molar-refractivity contribution in [2.45, 2.75) is 38.1 Å². The predicted octanol–water partition coefficient (Wildman–Crippen LogP) is 3.27. The Hall–Kier alpha value is -2.08. The van der Waals surface area contributed by atoms with Gasteiger partial charge in [-0.3, -0.25) is 4.72 Å². The second-order valence-electron chi connectivity index (χ2n) is 5.33. The lowest BCUT2D eigenvalue weighted by Crippen LogP contribution is -2.14. The van der Waals surface area contributed by atoms with Crippen LogP contribution in [-0.2, 0) is 16.4 Å². The molecule has 2 aromatic rings. The van der Waals surface area contributed by atoms with Gasteiger partial charge >= 0.3 is 0 Å². The minimum Gasteiger partial charge on any atom is -0.382 e. The number of pyridine rings is 1. The molecule has 2 rings (SSSR count). The Labute approximate surface area is 131 Å². The third kappa shape index (κ3) is 4.21. The van der Waals surface area contributed by atoms with E-state index in [0.717, 1.165) is 17.7 Å². The zero-order chi connectivity index (χ0) is 16.2. The summed E-state index contributed by atoms with van der Waals surface area (Å²) < 4.78 is 27.1. The Morgan fingerprint density at radius 2 is 1.77 bits per heavy atom. The van der Waals surface area contributed by atoms with Gasteiger partial charge in [-0.1, -0.05) is 19.1 Å². The van der Waals surface area contributed by atoms with Crippen LogP contribution < -0.4 is 10.0 Å². The minimum absolute atomic E-state index is 0.232. The average molecular weight is 319 g/mol. The molecule has 0 radical (unpaired) electrons. The Kier molecular flexibility index (Phi) is 5.03. The molecule has 22 heavy (non-hydrogen) atoms. The van der Waals surface area contributed by atoms with Gasteiger partial charge in [0.05, 0.1) is 16.8 Å². The maximum atomic E-state index is 12.3. The van der Waals surface area contributed by atoms with Crippen LogP contribution in [0.25, 0.3) is 0 Å². The van der Waals surface area contributed by atoms with E-state index >= 15 is 0 Å². The van der Waals surface area contributed by atoms with E-state index in [4.69, 9.17) is 0 Å². The van der Waals surface area contributed by atoms with E-state index in [9.17, 15) is 8.42 Å². The molecule has 1 heterocycles. The summed E-state index contributed by atoms with van der Waals surface area (Å²) in [6, 6.07) is 10.6. The van der Waals surface area contributed by atoms with Crippen molar-refractivity contribution < 1.29 is 8.42 Å². The first-order valence-corrected chi connectivity index (χ1v) is 8.73.